The van der Waals surface area contributed by atoms with Crippen molar-refractivity contribution in [3.05, 3.63) is 11.6 Å². The van der Waals surface area contributed by atoms with E-state index in [1.807, 2.05) is 0 Å². The molecule has 76 valence electrons. The van der Waals surface area contributed by atoms with E-state index in [2.05, 4.69) is 19.9 Å². The van der Waals surface area contributed by atoms with Gasteiger partial charge in [-0.3, -0.25) is 0 Å². The molecule has 0 saturated heterocycles. The minimum atomic E-state index is 1.00. The smallest absolute Gasteiger partial charge is 0.0295 e. The van der Waals surface area contributed by atoms with Gasteiger partial charge >= 0.3 is 0 Å². The highest BCUT2D eigenvalue weighted by molar-refractivity contribution is 4.98. The fourth-order valence-corrected chi connectivity index (χ4v) is 2.46. The molecule has 0 unspecified atom stereocenters. The van der Waals surface area contributed by atoms with Gasteiger partial charge in [-0.2, -0.15) is 0 Å². The molecule has 0 aromatic rings. The second-order valence-electron chi connectivity index (χ2n) is 4.52. The minimum Gasteiger partial charge on any atom is -0.0859 e. The zero-order valence-electron chi connectivity index (χ0n) is 9.31. The van der Waals surface area contributed by atoms with Crippen molar-refractivity contribution in [3.8, 4) is 0 Å². The zero-order valence-corrected chi connectivity index (χ0v) is 9.31. The molecule has 13 heavy (non-hydrogen) atoms. The molecule has 0 radical (unpaired) electrons. The van der Waals surface area contributed by atoms with Gasteiger partial charge < -0.3 is 0 Å². The van der Waals surface area contributed by atoms with Gasteiger partial charge in [-0.25, -0.2) is 0 Å². The van der Waals surface area contributed by atoms with Crippen molar-refractivity contribution in [1.82, 2.24) is 0 Å². The molecule has 0 bridgehead atoms. The van der Waals surface area contributed by atoms with E-state index >= 15 is 0 Å². The first-order chi connectivity index (χ1) is 6.33. The van der Waals surface area contributed by atoms with E-state index in [1.165, 1.54) is 51.4 Å². The predicted octanol–water partition coefficient (Wildman–Crippen LogP) is 4.70. The van der Waals surface area contributed by atoms with Crippen LogP contribution in [-0.4, -0.2) is 0 Å². The van der Waals surface area contributed by atoms with Crippen LogP contribution in [0.4, 0.5) is 0 Å². The van der Waals surface area contributed by atoms with Crippen LogP contribution in [0.1, 0.15) is 65.2 Å². The molecule has 0 N–H and O–H groups in total. The van der Waals surface area contributed by atoms with E-state index < -0.39 is 0 Å². The summed E-state index contributed by atoms with van der Waals surface area (Å²) < 4.78 is 0. The Morgan fingerprint density at radius 1 is 1.15 bits per heavy atom. The monoisotopic (exact) mass is 180 g/mol. The van der Waals surface area contributed by atoms with Crippen molar-refractivity contribution in [2.45, 2.75) is 65.2 Å². The molecule has 1 fully saturated rings. The van der Waals surface area contributed by atoms with Crippen molar-refractivity contribution in [2.75, 3.05) is 0 Å². The Balaban J connectivity index is 2.29. The number of hydrogen-bond donors (Lipinski definition) is 0. The lowest BCUT2D eigenvalue weighted by molar-refractivity contribution is 0.456. The van der Waals surface area contributed by atoms with E-state index in [0.717, 1.165) is 5.92 Å². The van der Waals surface area contributed by atoms with Crippen LogP contribution in [0.15, 0.2) is 11.6 Å². The Morgan fingerprint density at radius 2 is 1.77 bits per heavy atom. The van der Waals surface area contributed by atoms with E-state index in [4.69, 9.17) is 0 Å². The van der Waals surface area contributed by atoms with Crippen LogP contribution in [0.3, 0.4) is 0 Å². The molecule has 0 nitrogen and oxygen atoms in total. The first-order valence-corrected chi connectivity index (χ1v) is 5.98. The van der Waals surface area contributed by atoms with Crippen LogP contribution in [0.5, 0.6) is 0 Å². The molecule has 0 aromatic carbocycles. The molecule has 0 heterocycles. The third-order valence-corrected chi connectivity index (χ3v) is 3.14. The van der Waals surface area contributed by atoms with E-state index in [9.17, 15) is 0 Å². The van der Waals surface area contributed by atoms with Gasteiger partial charge in [-0.15, -0.1) is 0 Å². The Labute approximate surface area is 83.4 Å². The van der Waals surface area contributed by atoms with Crippen LogP contribution in [-0.2, 0) is 0 Å². The summed E-state index contributed by atoms with van der Waals surface area (Å²) in [6.45, 7) is 4.53. The average molecular weight is 180 g/mol. The number of rotatable bonds is 3. The summed E-state index contributed by atoms with van der Waals surface area (Å²) >= 11 is 0. The van der Waals surface area contributed by atoms with Crippen LogP contribution in [0, 0.1) is 5.92 Å². The van der Waals surface area contributed by atoms with Gasteiger partial charge in [0.05, 0.1) is 0 Å². The Morgan fingerprint density at radius 3 is 2.31 bits per heavy atom. The highest BCUT2D eigenvalue weighted by Crippen LogP contribution is 2.27. The molecule has 1 rings (SSSR count). The van der Waals surface area contributed by atoms with Gasteiger partial charge in [-0.1, -0.05) is 57.1 Å². The quantitative estimate of drug-likeness (QED) is 0.436. The summed E-state index contributed by atoms with van der Waals surface area (Å²) in [5.41, 5.74) is 1.62. The molecule has 1 saturated carbocycles. The zero-order chi connectivity index (χ0) is 9.52. The van der Waals surface area contributed by atoms with Crippen molar-refractivity contribution in [1.29, 1.82) is 0 Å². The summed E-state index contributed by atoms with van der Waals surface area (Å²) in [4.78, 5) is 0. The SMILES string of the molecule is CCC=C(C)CC1CCCCCC1. The molecular formula is C13H24. The standard InChI is InChI=1S/C13H24/c1-3-8-12(2)11-13-9-6-4-5-7-10-13/h8,13H,3-7,9-11H2,1-2H3. The predicted molar refractivity (Wildman–Crippen MR) is 59.9 cm³/mol. The summed E-state index contributed by atoms with van der Waals surface area (Å²) in [5, 5.41) is 0. The van der Waals surface area contributed by atoms with Crippen LogP contribution < -0.4 is 0 Å². The van der Waals surface area contributed by atoms with E-state index in [0.29, 0.717) is 0 Å². The molecule has 1 aliphatic rings. The normalized spacial score (nSPS) is 21.5. The Hall–Kier alpha value is -0.260. The Kier molecular flexibility index (Phi) is 5.19. The van der Waals surface area contributed by atoms with Gasteiger partial charge in [0.15, 0.2) is 0 Å². The van der Waals surface area contributed by atoms with Gasteiger partial charge in [0.1, 0.15) is 0 Å². The van der Waals surface area contributed by atoms with Crippen LogP contribution in [0.25, 0.3) is 0 Å². The highest BCUT2D eigenvalue weighted by atomic mass is 14.2. The van der Waals surface area contributed by atoms with Gasteiger partial charge in [0.25, 0.3) is 0 Å². The molecule has 0 spiro atoms. The van der Waals surface area contributed by atoms with Crippen molar-refractivity contribution < 1.29 is 0 Å². The number of hydrogen-bond acceptors (Lipinski definition) is 0. The molecule has 0 heteroatoms. The summed E-state index contributed by atoms with van der Waals surface area (Å²) in [5.74, 6) is 1.00. The van der Waals surface area contributed by atoms with E-state index in [-0.39, 0.29) is 0 Å². The first kappa shape index (κ1) is 10.8. The maximum Gasteiger partial charge on any atom is -0.0295 e. The Bertz CT molecular complexity index is 147. The second kappa shape index (κ2) is 6.23. The van der Waals surface area contributed by atoms with Crippen molar-refractivity contribution >= 4 is 0 Å². The largest absolute Gasteiger partial charge is 0.0859 e. The molecule has 0 amide bonds. The fraction of sp³-hybridized carbons (Fsp3) is 0.846. The minimum absolute atomic E-state index is 1.00. The topological polar surface area (TPSA) is 0 Å². The molecule has 0 aromatic heterocycles. The fourth-order valence-electron chi connectivity index (χ4n) is 2.46. The third kappa shape index (κ3) is 4.50. The van der Waals surface area contributed by atoms with Gasteiger partial charge in [0, 0.05) is 0 Å². The lowest BCUT2D eigenvalue weighted by Crippen LogP contribution is -1.99. The summed E-state index contributed by atoms with van der Waals surface area (Å²) in [6, 6.07) is 0. The molecular weight excluding hydrogens is 156 g/mol. The molecule has 1 aliphatic carbocycles. The molecule has 0 atom stereocenters. The maximum absolute atomic E-state index is 2.39. The third-order valence-electron chi connectivity index (χ3n) is 3.14. The first-order valence-electron chi connectivity index (χ1n) is 5.98. The van der Waals surface area contributed by atoms with E-state index in [1.54, 1.807) is 5.57 Å². The highest BCUT2D eigenvalue weighted by Gasteiger charge is 2.11. The van der Waals surface area contributed by atoms with Gasteiger partial charge in [-0.05, 0) is 25.7 Å². The van der Waals surface area contributed by atoms with Gasteiger partial charge in [0.2, 0.25) is 0 Å². The summed E-state index contributed by atoms with van der Waals surface area (Å²) in [6.07, 6.45) is 13.8. The molecule has 0 aliphatic heterocycles. The van der Waals surface area contributed by atoms with Crippen LogP contribution in [0.2, 0.25) is 0 Å². The lowest BCUT2D eigenvalue weighted by Gasteiger charge is -2.13. The van der Waals surface area contributed by atoms with Crippen molar-refractivity contribution in [3.63, 3.8) is 0 Å². The van der Waals surface area contributed by atoms with Crippen molar-refractivity contribution in [2.24, 2.45) is 5.92 Å². The average Bonchev–Trinajstić information content (AvgIpc) is 2.33. The lowest BCUT2D eigenvalue weighted by atomic mass is 9.93. The van der Waals surface area contributed by atoms with Crippen LogP contribution >= 0.6 is 0 Å². The maximum atomic E-state index is 2.39. The second-order valence-corrected chi connectivity index (χ2v) is 4.52. The number of allylic oxidation sites excluding steroid dienone is 2. The summed E-state index contributed by atoms with van der Waals surface area (Å²) in [7, 11) is 0.